The molecular weight excluding hydrogens is 266 g/mol. The molecular formula is C13H18ClN3O2. The topological polar surface area (TPSA) is 58.4 Å². The normalized spacial score (nSPS) is 19.6. The number of likely N-dealkylation sites (tertiary alicyclic amines) is 1. The van der Waals surface area contributed by atoms with E-state index in [4.69, 9.17) is 11.6 Å². The molecule has 0 radical (unpaired) electrons. The number of benzene rings is 1. The minimum atomic E-state index is -0.384. The van der Waals surface area contributed by atoms with Gasteiger partial charge >= 0.3 is 0 Å². The van der Waals surface area contributed by atoms with Crippen molar-refractivity contribution in [3.05, 3.63) is 33.3 Å². The molecule has 0 spiro atoms. The fourth-order valence-corrected chi connectivity index (χ4v) is 2.75. The van der Waals surface area contributed by atoms with E-state index in [1.807, 2.05) is 0 Å². The van der Waals surface area contributed by atoms with E-state index in [2.05, 4.69) is 17.1 Å². The Balaban J connectivity index is 2.06. The summed E-state index contributed by atoms with van der Waals surface area (Å²) in [6.07, 6.45) is 2.33. The predicted molar refractivity (Wildman–Crippen MR) is 76.9 cm³/mol. The molecule has 1 aliphatic heterocycles. The van der Waals surface area contributed by atoms with E-state index in [9.17, 15) is 10.1 Å². The van der Waals surface area contributed by atoms with Crippen LogP contribution in [-0.4, -0.2) is 35.5 Å². The van der Waals surface area contributed by atoms with Gasteiger partial charge in [0.15, 0.2) is 0 Å². The Labute approximate surface area is 117 Å². The van der Waals surface area contributed by atoms with Gasteiger partial charge in [-0.25, -0.2) is 0 Å². The van der Waals surface area contributed by atoms with Crippen LogP contribution in [0.4, 0.5) is 11.4 Å². The molecule has 6 heteroatoms. The molecule has 1 fully saturated rings. The average molecular weight is 284 g/mol. The predicted octanol–water partition coefficient (Wildman–Crippen LogP) is 3.14. The maximum Gasteiger partial charge on any atom is 0.292 e. The third kappa shape index (κ3) is 3.36. The average Bonchev–Trinajstić information content (AvgIpc) is 2.83. The fourth-order valence-electron chi connectivity index (χ4n) is 2.58. The molecule has 0 amide bonds. The number of nitro benzene ring substituents is 1. The lowest BCUT2D eigenvalue weighted by Crippen LogP contribution is -2.34. The van der Waals surface area contributed by atoms with Crippen LogP contribution in [0.2, 0.25) is 5.02 Å². The first-order chi connectivity index (χ1) is 9.11. The van der Waals surface area contributed by atoms with Gasteiger partial charge in [-0.1, -0.05) is 18.5 Å². The summed E-state index contributed by atoms with van der Waals surface area (Å²) in [5, 5.41) is 14.6. The van der Waals surface area contributed by atoms with E-state index in [1.54, 1.807) is 12.1 Å². The maximum atomic E-state index is 11.0. The second-order valence-corrected chi connectivity index (χ2v) is 5.16. The monoisotopic (exact) mass is 283 g/mol. The van der Waals surface area contributed by atoms with Crippen molar-refractivity contribution >= 4 is 23.0 Å². The van der Waals surface area contributed by atoms with Crippen LogP contribution in [0.15, 0.2) is 18.2 Å². The van der Waals surface area contributed by atoms with Gasteiger partial charge in [0.1, 0.15) is 5.69 Å². The Morgan fingerprint density at radius 2 is 2.37 bits per heavy atom. The Morgan fingerprint density at radius 3 is 3.05 bits per heavy atom. The van der Waals surface area contributed by atoms with Gasteiger partial charge in [-0.3, -0.25) is 15.0 Å². The molecule has 0 saturated carbocycles. The zero-order valence-corrected chi connectivity index (χ0v) is 11.7. The summed E-state index contributed by atoms with van der Waals surface area (Å²) in [5.74, 6) is 0. The van der Waals surface area contributed by atoms with Gasteiger partial charge in [0.25, 0.3) is 5.69 Å². The van der Waals surface area contributed by atoms with Gasteiger partial charge in [-0.2, -0.15) is 0 Å². The Morgan fingerprint density at radius 1 is 1.58 bits per heavy atom. The molecule has 104 valence electrons. The molecule has 2 rings (SSSR count). The molecule has 1 aromatic rings. The number of likely N-dealkylation sites (N-methyl/N-ethyl adjacent to an activating group) is 1. The molecule has 0 bridgehead atoms. The zero-order valence-electron chi connectivity index (χ0n) is 10.9. The molecule has 1 heterocycles. The largest absolute Gasteiger partial charge is 0.378 e. The van der Waals surface area contributed by atoms with Gasteiger partial charge in [-0.15, -0.1) is 0 Å². The van der Waals surface area contributed by atoms with E-state index in [0.29, 0.717) is 16.8 Å². The lowest BCUT2D eigenvalue weighted by atomic mass is 10.2. The summed E-state index contributed by atoms with van der Waals surface area (Å²) >= 11 is 5.90. The highest BCUT2D eigenvalue weighted by atomic mass is 35.5. The van der Waals surface area contributed by atoms with E-state index in [1.165, 1.54) is 12.5 Å². The summed E-state index contributed by atoms with van der Waals surface area (Å²) in [7, 11) is 0. The Kier molecular flexibility index (Phi) is 4.61. The first-order valence-electron chi connectivity index (χ1n) is 6.53. The first-order valence-corrected chi connectivity index (χ1v) is 6.91. The van der Waals surface area contributed by atoms with Gasteiger partial charge < -0.3 is 5.32 Å². The fraction of sp³-hybridized carbons (Fsp3) is 0.538. The molecule has 1 unspecified atom stereocenters. The summed E-state index contributed by atoms with van der Waals surface area (Å²) in [5.41, 5.74) is 0.575. The third-order valence-corrected chi connectivity index (χ3v) is 3.82. The standard InChI is InChI=1S/C13H18ClN3O2/c1-2-16-7-3-4-11(16)9-15-12-8-10(14)5-6-13(12)17(18)19/h5-6,8,11,15H,2-4,7,9H2,1H3. The smallest absolute Gasteiger partial charge is 0.292 e. The van der Waals surface area contributed by atoms with E-state index >= 15 is 0 Å². The zero-order chi connectivity index (χ0) is 13.8. The van der Waals surface area contributed by atoms with Crippen LogP contribution >= 0.6 is 11.6 Å². The number of anilines is 1. The van der Waals surface area contributed by atoms with Crippen molar-refractivity contribution in [2.75, 3.05) is 25.0 Å². The summed E-state index contributed by atoms with van der Waals surface area (Å²) < 4.78 is 0. The number of halogens is 1. The highest BCUT2D eigenvalue weighted by Crippen LogP contribution is 2.28. The van der Waals surface area contributed by atoms with Gasteiger partial charge in [-0.05, 0) is 38.1 Å². The second kappa shape index (κ2) is 6.21. The molecule has 0 aromatic heterocycles. The number of nitro groups is 1. The van der Waals surface area contributed by atoms with Crippen LogP contribution in [0.5, 0.6) is 0 Å². The van der Waals surface area contributed by atoms with Crippen molar-refractivity contribution in [2.45, 2.75) is 25.8 Å². The van der Waals surface area contributed by atoms with Crippen LogP contribution in [0.3, 0.4) is 0 Å². The minimum Gasteiger partial charge on any atom is -0.378 e. The molecule has 1 aliphatic rings. The molecule has 5 nitrogen and oxygen atoms in total. The molecule has 1 aromatic carbocycles. The van der Waals surface area contributed by atoms with E-state index in [-0.39, 0.29) is 10.6 Å². The Bertz CT molecular complexity index is 467. The molecule has 19 heavy (non-hydrogen) atoms. The lowest BCUT2D eigenvalue weighted by Gasteiger charge is -2.23. The number of nitrogens with one attached hydrogen (secondary N) is 1. The van der Waals surface area contributed by atoms with Crippen molar-refractivity contribution in [1.82, 2.24) is 4.90 Å². The molecule has 1 N–H and O–H groups in total. The maximum absolute atomic E-state index is 11.0. The van der Waals surface area contributed by atoms with Crippen molar-refractivity contribution in [3.8, 4) is 0 Å². The number of hydrogen-bond acceptors (Lipinski definition) is 4. The van der Waals surface area contributed by atoms with E-state index < -0.39 is 0 Å². The van der Waals surface area contributed by atoms with Crippen molar-refractivity contribution in [1.29, 1.82) is 0 Å². The van der Waals surface area contributed by atoms with Crippen LogP contribution in [0, 0.1) is 10.1 Å². The summed E-state index contributed by atoms with van der Waals surface area (Å²) in [4.78, 5) is 13.0. The number of hydrogen-bond donors (Lipinski definition) is 1. The lowest BCUT2D eigenvalue weighted by molar-refractivity contribution is -0.384. The molecule has 0 aliphatic carbocycles. The van der Waals surface area contributed by atoms with Crippen LogP contribution in [0.1, 0.15) is 19.8 Å². The van der Waals surface area contributed by atoms with Crippen molar-refractivity contribution in [3.63, 3.8) is 0 Å². The Hall–Kier alpha value is -1.33. The first kappa shape index (κ1) is 14.1. The number of nitrogens with zero attached hydrogens (tertiary/aromatic N) is 2. The van der Waals surface area contributed by atoms with Gasteiger partial charge in [0.05, 0.1) is 4.92 Å². The van der Waals surface area contributed by atoms with Gasteiger partial charge in [0, 0.05) is 23.7 Å². The van der Waals surface area contributed by atoms with Crippen molar-refractivity contribution < 1.29 is 4.92 Å². The van der Waals surface area contributed by atoms with Crippen LogP contribution in [0.25, 0.3) is 0 Å². The van der Waals surface area contributed by atoms with Gasteiger partial charge in [0.2, 0.25) is 0 Å². The second-order valence-electron chi connectivity index (χ2n) is 4.72. The van der Waals surface area contributed by atoms with Crippen LogP contribution in [-0.2, 0) is 0 Å². The summed E-state index contributed by atoms with van der Waals surface area (Å²) in [6, 6.07) is 5.05. The number of rotatable bonds is 5. The highest BCUT2D eigenvalue weighted by molar-refractivity contribution is 6.31. The van der Waals surface area contributed by atoms with Crippen LogP contribution < -0.4 is 5.32 Å². The van der Waals surface area contributed by atoms with Crippen molar-refractivity contribution in [2.24, 2.45) is 0 Å². The molecule has 1 saturated heterocycles. The molecule has 1 atom stereocenters. The SMILES string of the molecule is CCN1CCCC1CNc1cc(Cl)ccc1[N+](=O)[O-]. The third-order valence-electron chi connectivity index (χ3n) is 3.59. The quantitative estimate of drug-likeness (QED) is 0.666. The minimum absolute atomic E-state index is 0.0745. The van der Waals surface area contributed by atoms with E-state index in [0.717, 1.165) is 26.1 Å². The summed E-state index contributed by atoms with van der Waals surface area (Å²) in [6.45, 7) is 4.99. The highest BCUT2D eigenvalue weighted by Gasteiger charge is 2.23.